The second kappa shape index (κ2) is 29.9. The zero-order valence-corrected chi connectivity index (χ0v) is 74.8. The molecule has 13 nitrogen and oxygen atoms in total. The number of aromatic nitrogens is 13. The van der Waals surface area contributed by atoms with Gasteiger partial charge >= 0.3 is 8.40 Å². The lowest BCUT2D eigenvalue weighted by molar-refractivity contribution is 0.892. The van der Waals surface area contributed by atoms with E-state index in [2.05, 4.69) is 498 Å². The molecule has 0 radical (unpaired) electrons. The Labute approximate surface area is 775 Å². The van der Waals surface area contributed by atoms with Crippen LogP contribution in [-0.2, 0) is 0 Å². The van der Waals surface area contributed by atoms with Crippen LogP contribution in [0.25, 0.3) is 210 Å². The van der Waals surface area contributed by atoms with Gasteiger partial charge in [0.1, 0.15) is 0 Å². The SMILES string of the molecule is c1ccc([Si](c2ccccc2)(c2cccc(-c3nc(-n4c5ccccc5c5ccccc54)nc(-n4c5ccccc5c5cc(-c6ccc7c(c6)c6ccccc6n7[Si](c6ccccc6)(c6cccc(-c7nc(-n8c9ccccc9c9ccccc98)nc(-n8c9ccccc9c9ccccc98)n7)c6)n6c7ccccc7c7ccccc76)ccc54)n3)c2)n2c3ccccc3c3ccccc32)cc1. The Balaban J connectivity index is 0.652. The van der Waals surface area contributed by atoms with Crippen molar-refractivity contribution < 1.29 is 0 Å². The molecule has 15 heteroatoms. The predicted molar refractivity (Wildman–Crippen MR) is 560 cm³/mol. The smallest absolute Gasteiger partial charge is 0.340 e. The summed E-state index contributed by atoms with van der Waals surface area (Å²) in [6, 6.07) is 171. The van der Waals surface area contributed by atoms with E-state index in [0.29, 0.717) is 35.4 Å². The van der Waals surface area contributed by atoms with E-state index in [-0.39, 0.29) is 0 Å². The summed E-state index contributed by atoms with van der Waals surface area (Å²) in [6.07, 6.45) is 0. The molecule has 0 bridgehead atoms. The Morgan fingerprint density at radius 3 is 0.696 bits per heavy atom. The Morgan fingerprint density at radius 1 is 0.141 bits per heavy atom. The number of nitrogens with zero attached hydrogens (tertiary/aromatic N) is 13. The van der Waals surface area contributed by atoms with Gasteiger partial charge in [0.05, 0.1) is 44.1 Å². The third-order valence-corrected chi connectivity index (χ3v) is 37.4. The molecule has 630 valence electrons. The fraction of sp³-hybridized carbons (Fsp3) is 0. The van der Waals surface area contributed by atoms with Crippen molar-refractivity contribution in [1.82, 2.24) is 60.9 Å². The van der Waals surface area contributed by atoms with Gasteiger partial charge in [-0.05, 0) is 146 Å². The van der Waals surface area contributed by atoms with Gasteiger partial charge in [-0.1, -0.05) is 358 Å². The zero-order chi connectivity index (χ0) is 88.6. The lowest BCUT2D eigenvalue weighted by Crippen LogP contribution is -2.72. The van der Waals surface area contributed by atoms with E-state index in [9.17, 15) is 0 Å². The maximum Gasteiger partial charge on any atom is 0.340 e. The van der Waals surface area contributed by atoms with Gasteiger partial charge in [0.25, 0.3) is 8.24 Å². The Hall–Kier alpha value is -17.8. The first-order valence-electron chi connectivity index (χ1n) is 45.9. The highest BCUT2D eigenvalue weighted by Gasteiger charge is 2.49. The van der Waals surface area contributed by atoms with E-state index >= 15 is 0 Å². The fourth-order valence-corrected chi connectivity index (χ4v) is 32.7. The molecule has 0 amide bonds. The van der Waals surface area contributed by atoms with E-state index < -0.39 is 16.6 Å². The molecule has 0 N–H and O–H groups in total. The first-order valence-corrected chi connectivity index (χ1v) is 49.7. The molecule has 0 saturated carbocycles. The Bertz CT molecular complexity index is 9330. The molecule has 0 saturated heterocycles. The minimum absolute atomic E-state index is 0.494. The monoisotopic (exact) mass is 1760 g/mol. The first-order chi connectivity index (χ1) is 67.0. The van der Waals surface area contributed by atoms with Crippen molar-refractivity contribution in [3.05, 3.63) is 467 Å². The Kier molecular flexibility index (Phi) is 16.9. The van der Waals surface area contributed by atoms with Crippen LogP contribution in [0.1, 0.15) is 0 Å². The van der Waals surface area contributed by atoms with Crippen LogP contribution in [0.2, 0.25) is 0 Å². The highest BCUT2D eigenvalue weighted by atomic mass is 28.3. The van der Waals surface area contributed by atoms with Crippen molar-refractivity contribution in [3.8, 4) is 57.7 Å². The molecule has 28 aromatic rings. The molecule has 0 spiro atoms. The average Bonchev–Trinajstić information content (AvgIpc) is 1.53. The van der Waals surface area contributed by atoms with Gasteiger partial charge in [-0.3, -0.25) is 18.3 Å². The minimum atomic E-state index is -3.90. The van der Waals surface area contributed by atoms with Gasteiger partial charge < -0.3 is 12.7 Å². The standard InChI is InChI=1S/C120H77N13Si2/c1-4-38-82(39-5-1)134(83-40-6-2-7-41-83,131-109-65-29-17-52-93(109)94-53-18-30-66-110(94)131)85-44-34-36-80(74-85)115-121-117(127-101-58-22-10-46-87(101)88-47-11-23-59-102(88)127)126-120(122-115)130-107-64-28-16-56-97(107)99-76-78(70-72-108(99)130)79-71-73-114-100(77-79)98-57-21-33-69-113(98)133(114)135(84-42-8-3-9-43-84,132-111-67-31-19-54-95(111)96-55-20-32-68-112(96)132)86-45-35-37-81(75-86)116-123-118(128-103-60-24-12-48-89(103)90-49-13-25-61-104(90)128)125-119(124-116)129-105-62-26-14-50-91(105)92-51-15-27-63-106(92)129/h1-77H. The molecule has 28 rings (SSSR count). The van der Waals surface area contributed by atoms with Crippen LogP contribution in [-0.4, -0.2) is 77.5 Å². The first kappa shape index (κ1) is 76.1. The van der Waals surface area contributed by atoms with Gasteiger partial charge in [-0.25, -0.2) is 0 Å². The van der Waals surface area contributed by atoms with E-state index in [1.807, 2.05) is 0 Å². The number of benzene rings is 19. The number of hydrogen-bond donors (Lipinski definition) is 0. The van der Waals surface area contributed by atoms with Crippen molar-refractivity contribution in [1.29, 1.82) is 0 Å². The van der Waals surface area contributed by atoms with Crippen molar-refractivity contribution >= 4 is 195 Å². The van der Waals surface area contributed by atoms with Crippen LogP contribution in [0.4, 0.5) is 0 Å². The average molecular weight is 1760 g/mol. The van der Waals surface area contributed by atoms with Gasteiger partial charge in [-0.15, -0.1) is 0 Å². The van der Waals surface area contributed by atoms with E-state index in [0.717, 1.165) is 148 Å². The Morgan fingerprint density at radius 2 is 0.363 bits per heavy atom. The highest BCUT2D eigenvalue weighted by molar-refractivity contribution is 7.11. The van der Waals surface area contributed by atoms with Crippen LogP contribution in [0, 0.1) is 0 Å². The van der Waals surface area contributed by atoms with Crippen LogP contribution >= 0.6 is 0 Å². The second-order valence-corrected chi connectivity index (χ2v) is 42.2. The number of rotatable bonds is 15. The number of para-hydroxylation sites is 12. The highest BCUT2D eigenvalue weighted by Crippen LogP contribution is 2.45. The van der Waals surface area contributed by atoms with Crippen LogP contribution < -0.4 is 25.9 Å². The van der Waals surface area contributed by atoms with Crippen molar-refractivity contribution in [2.24, 2.45) is 0 Å². The predicted octanol–water partition coefficient (Wildman–Crippen LogP) is 24.9. The molecule has 0 aliphatic carbocycles. The molecule has 0 aliphatic rings. The molecule has 9 heterocycles. The lowest BCUT2D eigenvalue weighted by Gasteiger charge is -2.38. The summed E-state index contributed by atoms with van der Waals surface area (Å²) < 4.78 is 17.1. The summed E-state index contributed by atoms with van der Waals surface area (Å²) >= 11 is 0. The van der Waals surface area contributed by atoms with Crippen molar-refractivity contribution in [2.75, 3.05) is 0 Å². The molecule has 1 atom stereocenters. The molecular weight excluding hydrogens is 1680 g/mol. The van der Waals surface area contributed by atoms with E-state index in [1.165, 1.54) is 53.3 Å². The van der Waals surface area contributed by atoms with Gasteiger partial charge in [0, 0.05) is 120 Å². The third kappa shape index (κ3) is 11.2. The maximum atomic E-state index is 5.82. The summed E-state index contributed by atoms with van der Waals surface area (Å²) in [4.78, 5) is 34.4. The summed E-state index contributed by atoms with van der Waals surface area (Å²) in [7, 11) is -7.27. The number of hydrogen-bond acceptors (Lipinski definition) is 6. The van der Waals surface area contributed by atoms with Crippen molar-refractivity contribution in [3.63, 3.8) is 0 Å². The van der Waals surface area contributed by atoms with Gasteiger partial charge in [0.2, 0.25) is 23.8 Å². The minimum Gasteiger partial charge on any atom is -0.355 e. The summed E-state index contributed by atoms with van der Waals surface area (Å²) in [5.74, 6) is 3.11. The lowest BCUT2D eigenvalue weighted by atomic mass is 10.0. The maximum absolute atomic E-state index is 5.82. The van der Waals surface area contributed by atoms with Crippen LogP contribution in [0.3, 0.4) is 0 Å². The fourth-order valence-electron chi connectivity index (χ4n) is 22.7. The summed E-state index contributed by atoms with van der Waals surface area (Å²) in [6.45, 7) is 0. The molecule has 1 unspecified atom stereocenters. The second-order valence-electron chi connectivity index (χ2n) is 35.2. The molecule has 19 aromatic carbocycles. The summed E-state index contributed by atoms with van der Waals surface area (Å²) in [5.41, 5.74) is 18.6. The third-order valence-electron chi connectivity index (χ3n) is 28.2. The largest absolute Gasteiger partial charge is 0.355 e. The molecule has 0 aliphatic heterocycles. The quantitative estimate of drug-likeness (QED) is 0.0747. The van der Waals surface area contributed by atoms with E-state index in [4.69, 9.17) is 29.9 Å². The van der Waals surface area contributed by atoms with Gasteiger partial charge in [0.15, 0.2) is 11.6 Å². The zero-order valence-electron chi connectivity index (χ0n) is 72.8. The van der Waals surface area contributed by atoms with Crippen molar-refractivity contribution in [2.45, 2.75) is 0 Å². The normalized spacial score (nSPS) is 12.7. The van der Waals surface area contributed by atoms with Crippen LogP contribution in [0.15, 0.2) is 467 Å². The molecule has 135 heavy (non-hydrogen) atoms. The summed E-state index contributed by atoms with van der Waals surface area (Å²) in [5, 5.41) is 21.8. The van der Waals surface area contributed by atoms with E-state index in [1.54, 1.807) is 0 Å². The van der Waals surface area contributed by atoms with Gasteiger partial charge in [-0.2, -0.15) is 29.9 Å². The molecule has 0 fully saturated rings. The molecule has 9 aromatic heterocycles. The number of fused-ring (bicyclic) bond motifs is 21. The van der Waals surface area contributed by atoms with Crippen LogP contribution in [0.5, 0.6) is 0 Å². The topological polar surface area (TPSA) is 112 Å². The molecular formula is C120H77N13Si2.